The topological polar surface area (TPSA) is 97.4 Å². The van der Waals surface area contributed by atoms with Crippen molar-refractivity contribution in [1.82, 2.24) is 0 Å². The average molecular weight is 519 g/mol. The van der Waals surface area contributed by atoms with Crippen LogP contribution in [0.4, 0.5) is 0 Å². The van der Waals surface area contributed by atoms with Gasteiger partial charge in [-0.2, -0.15) is 0 Å². The lowest BCUT2D eigenvalue weighted by atomic mass is 9.98. The minimum absolute atomic E-state index is 0.248. The van der Waals surface area contributed by atoms with Crippen molar-refractivity contribution in [3.05, 3.63) is 102 Å². The number of carbonyl (C=O) groups is 3. The maximum atomic E-state index is 13.5. The van der Waals surface area contributed by atoms with E-state index in [4.69, 9.17) is 23.7 Å². The van der Waals surface area contributed by atoms with Crippen molar-refractivity contribution in [2.24, 2.45) is 0 Å². The number of esters is 2. The zero-order valence-electron chi connectivity index (χ0n) is 21.4. The summed E-state index contributed by atoms with van der Waals surface area (Å²) in [6, 6.07) is 20.2. The Morgan fingerprint density at radius 2 is 1.37 bits per heavy atom. The Balaban J connectivity index is 1.86. The Kier molecular flexibility index (Phi) is 10.5. The molecule has 0 aliphatic carbocycles. The molecule has 0 saturated carbocycles. The molecule has 0 spiro atoms. The maximum absolute atomic E-state index is 13.5. The molecule has 1 unspecified atom stereocenters. The number of ether oxygens (including phenoxy) is 5. The normalized spacial score (nSPS) is 11.1. The molecule has 0 radical (unpaired) electrons. The van der Waals surface area contributed by atoms with Crippen molar-refractivity contribution in [2.45, 2.75) is 18.9 Å². The summed E-state index contributed by atoms with van der Waals surface area (Å²) < 4.78 is 27.7. The molecule has 0 saturated heterocycles. The van der Waals surface area contributed by atoms with Gasteiger partial charge in [-0.05, 0) is 37.1 Å². The lowest BCUT2D eigenvalue weighted by Crippen LogP contribution is -2.20. The molecule has 198 valence electrons. The highest BCUT2D eigenvalue weighted by atomic mass is 16.6. The number of benzene rings is 3. The minimum atomic E-state index is -1.26. The zero-order valence-corrected chi connectivity index (χ0v) is 21.4. The molecule has 8 heteroatoms. The number of unbranched alkanes of at least 4 members (excludes halogenated alkanes) is 1. The molecule has 3 aromatic rings. The zero-order chi connectivity index (χ0) is 27.3. The second-order valence-corrected chi connectivity index (χ2v) is 8.06. The first kappa shape index (κ1) is 28.0. The van der Waals surface area contributed by atoms with E-state index in [-0.39, 0.29) is 6.61 Å². The van der Waals surface area contributed by atoms with E-state index < -0.39 is 23.8 Å². The van der Waals surface area contributed by atoms with Crippen LogP contribution in [-0.2, 0) is 14.3 Å². The predicted octanol–water partition coefficient (Wildman–Crippen LogP) is 5.37. The van der Waals surface area contributed by atoms with Crippen molar-refractivity contribution in [3.63, 3.8) is 0 Å². The molecule has 0 amide bonds. The molecule has 0 aliphatic heterocycles. The molecule has 8 nitrogen and oxygen atoms in total. The first-order valence-corrected chi connectivity index (χ1v) is 12.0. The van der Waals surface area contributed by atoms with E-state index in [1.165, 1.54) is 14.2 Å². The van der Waals surface area contributed by atoms with Gasteiger partial charge in [0.25, 0.3) is 0 Å². The van der Waals surface area contributed by atoms with Gasteiger partial charge in [-0.3, -0.25) is 4.79 Å². The van der Waals surface area contributed by atoms with Crippen molar-refractivity contribution < 1.29 is 38.1 Å². The van der Waals surface area contributed by atoms with E-state index >= 15 is 0 Å². The monoisotopic (exact) mass is 518 g/mol. The largest absolute Gasteiger partial charge is 0.493 e. The summed E-state index contributed by atoms with van der Waals surface area (Å²) in [7, 11) is 2.92. The molecule has 0 bridgehead atoms. The van der Waals surface area contributed by atoms with Crippen molar-refractivity contribution in [3.8, 4) is 17.2 Å². The first-order valence-electron chi connectivity index (χ1n) is 12.0. The van der Waals surface area contributed by atoms with Crippen molar-refractivity contribution in [1.29, 1.82) is 0 Å². The van der Waals surface area contributed by atoms with Crippen LogP contribution in [0.2, 0.25) is 0 Å². The van der Waals surface area contributed by atoms with Crippen LogP contribution in [0.15, 0.2) is 85.5 Å². The van der Waals surface area contributed by atoms with Crippen LogP contribution in [0.25, 0.3) is 0 Å². The molecule has 38 heavy (non-hydrogen) atoms. The van der Waals surface area contributed by atoms with Gasteiger partial charge < -0.3 is 23.7 Å². The third-order valence-corrected chi connectivity index (χ3v) is 5.51. The Labute approximate surface area is 221 Å². The number of rotatable bonds is 14. The highest BCUT2D eigenvalue weighted by molar-refractivity contribution is 6.02. The van der Waals surface area contributed by atoms with Crippen LogP contribution in [-0.4, -0.2) is 45.2 Å². The molecule has 0 aliphatic rings. The summed E-state index contributed by atoms with van der Waals surface area (Å²) in [4.78, 5) is 37.6. The standard InChI is InChI=1S/C30H30O8/c1-4-26(31)36-17-11-12-18-37-29-24(34-2)19-23(20-25(29)35-3)28(27(32)21-13-7-5-8-14-21)38-30(33)22-15-9-6-10-16-22/h4-10,13-16,19-20,28H,1,11-12,17-18H2,2-3H3. The van der Waals surface area contributed by atoms with Crippen molar-refractivity contribution >= 4 is 17.7 Å². The second kappa shape index (κ2) is 14.2. The van der Waals surface area contributed by atoms with Crippen LogP contribution >= 0.6 is 0 Å². The molecule has 0 N–H and O–H groups in total. The highest BCUT2D eigenvalue weighted by Gasteiger charge is 2.29. The van der Waals surface area contributed by atoms with E-state index in [1.807, 2.05) is 0 Å². The molecule has 3 rings (SSSR count). The van der Waals surface area contributed by atoms with Gasteiger partial charge in [-0.15, -0.1) is 0 Å². The number of carbonyl (C=O) groups excluding carboxylic acids is 3. The van der Waals surface area contributed by atoms with Gasteiger partial charge in [0.2, 0.25) is 11.5 Å². The van der Waals surface area contributed by atoms with E-state index in [0.29, 0.717) is 53.4 Å². The Morgan fingerprint density at radius 3 is 1.92 bits per heavy atom. The van der Waals surface area contributed by atoms with Crippen LogP contribution in [0.3, 0.4) is 0 Å². The fraction of sp³-hybridized carbons (Fsp3) is 0.233. The lowest BCUT2D eigenvalue weighted by Gasteiger charge is -2.21. The summed E-state index contributed by atoms with van der Waals surface area (Å²) in [5, 5.41) is 0. The summed E-state index contributed by atoms with van der Waals surface area (Å²) >= 11 is 0. The predicted molar refractivity (Wildman–Crippen MR) is 141 cm³/mol. The van der Waals surface area contributed by atoms with E-state index in [2.05, 4.69) is 6.58 Å². The van der Waals surface area contributed by atoms with Gasteiger partial charge in [0, 0.05) is 17.2 Å². The number of hydrogen-bond donors (Lipinski definition) is 0. The van der Waals surface area contributed by atoms with Gasteiger partial charge >= 0.3 is 11.9 Å². The van der Waals surface area contributed by atoms with Gasteiger partial charge in [-0.1, -0.05) is 55.1 Å². The van der Waals surface area contributed by atoms with Crippen LogP contribution in [0.1, 0.15) is 45.2 Å². The number of ketones is 1. The summed E-state index contributed by atoms with van der Waals surface area (Å²) in [6.07, 6.45) is 1.04. The minimum Gasteiger partial charge on any atom is -0.493 e. The van der Waals surface area contributed by atoms with Gasteiger partial charge in [-0.25, -0.2) is 9.59 Å². The fourth-order valence-corrected chi connectivity index (χ4v) is 3.58. The second-order valence-electron chi connectivity index (χ2n) is 8.06. The Hall–Kier alpha value is -4.59. The summed E-state index contributed by atoms with van der Waals surface area (Å²) in [6.45, 7) is 3.90. The Bertz CT molecular complexity index is 1210. The summed E-state index contributed by atoms with van der Waals surface area (Å²) in [5.41, 5.74) is 1.06. The SMILES string of the molecule is C=CC(=O)OCCCCOc1c(OC)cc(C(OC(=O)c2ccccc2)C(=O)c2ccccc2)cc1OC. The van der Waals surface area contributed by atoms with Gasteiger partial charge in [0.1, 0.15) is 0 Å². The molecule has 0 aromatic heterocycles. The van der Waals surface area contributed by atoms with Gasteiger partial charge in [0.15, 0.2) is 17.6 Å². The van der Waals surface area contributed by atoms with Gasteiger partial charge in [0.05, 0.1) is 33.0 Å². The average Bonchev–Trinajstić information content (AvgIpc) is 2.97. The van der Waals surface area contributed by atoms with Crippen molar-refractivity contribution in [2.75, 3.05) is 27.4 Å². The third-order valence-electron chi connectivity index (χ3n) is 5.51. The third kappa shape index (κ3) is 7.46. The molecular weight excluding hydrogens is 488 g/mol. The number of hydrogen-bond acceptors (Lipinski definition) is 8. The lowest BCUT2D eigenvalue weighted by molar-refractivity contribution is -0.137. The van der Waals surface area contributed by atoms with Crippen LogP contribution in [0, 0.1) is 0 Å². The number of Topliss-reactive ketones (excluding diaryl/α,β-unsaturated/α-hetero) is 1. The van der Waals surface area contributed by atoms with Crippen LogP contribution < -0.4 is 14.2 Å². The summed E-state index contributed by atoms with van der Waals surface area (Å²) in [5.74, 6) is -0.574. The highest BCUT2D eigenvalue weighted by Crippen LogP contribution is 2.41. The molecule has 0 fully saturated rings. The molecule has 1 atom stereocenters. The van der Waals surface area contributed by atoms with E-state index in [0.717, 1.165) is 6.08 Å². The van der Waals surface area contributed by atoms with Crippen LogP contribution in [0.5, 0.6) is 17.2 Å². The molecular formula is C30H30O8. The van der Waals surface area contributed by atoms with E-state index in [1.54, 1.807) is 72.8 Å². The quantitative estimate of drug-likeness (QED) is 0.122. The molecule has 3 aromatic carbocycles. The number of methoxy groups -OCH3 is 2. The first-order chi connectivity index (χ1) is 18.5. The smallest absolute Gasteiger partial charge is 0.339 e. The molecule has 0 heterocycles. The fourth-order valence-electron chi connectivity index (χ4n) is 3.58. The van der Waals surface area contributed by atoms with E-state index in [9.17, 15) is 14.4 Å². The maximum Gasteiger partial charge on any atom is 0.339 e. The Morgan fingerprint density at radius 1 is 0.816 bits per heavy atom.